The topological polar surface area (TPSA) is 52.7 Å². The molecule has 20 heavy (non-hydrogen) atoms. The van der Waals surface area contributed by atoms with Gasteiger partial charge in [0.05, 0.1) is 6.54 Å². The molecular weight excluding hydrogens is 254 g/mol. The van der Waals surface area contributed by atoms with E-state index in [0.717, 1.165) is 5.69 Å². The van der Waals surface area contributed by atoms with Gasteiger partial charge in [-0.25, -0.2) is 0 Å². The van der Waals surface area contributed by atoms with Crippen LogP contribution in [-0.2, 0) is 15.0 Å². The number of likely N-dealkylation sites (N-methyl/N-ethyl adjacent to an activating group) is 1. The average Bonchev–Trinajstić information content (AvgIpc) is 2.86. The highest BCUT2D eigenvalue weighted by Crippen LogP contribution is 2.51. The van der Waals surface area contributed by atoms with E-state index in [1.54, 1.807) is 16.8 Å². The molecule has 2 fully saturated rings. The minimum absolute atomic E-state index is 0.0335. The molecule has 1 aromatic carbocycles. The molecule has 104 valence electrons. The Labute approximate surface area is 117 Å². The number of nitrogens with one attached hydrogen (secondary N) is 1. The number of hydrogen-bond donors (Lipinski definition) is 1. The Hall–Kier alpha value is -2.04. The third-order valence-electron chi connectivity index (χ3n) is 4.99. The average molecular weight is 271 g/mol. The van der Waals surface area contributed by atoms with E-state index in [9.17, 15) is 9.59 Å². The van der Waals surface area contributed by atoms with Crippen LogP contribution in [0.5, 0.6) is 0 Å². The molecule has 0 unspecified atom stereocenters. The van der Waals surface area contributed by atoms with E-state index < -0.39 is 0 Å². The second-order valence-electron chi connectivity index (χ2n) is 6.23. The molecule has 4 rings (SSSR count). The SMILES string of the molecule is CN1CC(=O)N2[C@H](C[C@]3(C)c4ccccc4N[C@H]23)C1=O. The lowest BCUT2D eigenvalue weighted by atomic mass is 9.80. The highest BCUT2D eigenvalue weighted by Gasteiger charge is 2.59. The van der Waals surface area contributed by atoms with Crippen molar-refractivity contribution in [3.8, 4) is 0 Å². The maximum Gasteiger partial charge on any atom is 0.245 e. The van der Waals surface area contributed by atoms with E-state index in [-0.39, 0.29) is 36.0 Å². The lowest BCUT2D eigenvalue weighted by molar-refractivity contribution is -0.153. The van der Waals surface area contributed by atoms with Crippen molar-refractivity contribution in [2.45, 2.75) is 31.0 Å². The predicted molar refractivity (Wildman–Crippen MR) is 74.1 cm³/mol. The van der Waals surface area contributed by atoms with Crippen LogP contribution >= 0.6 is 0 Å². The van der Waals surface area contributed by atoms with Gasteiger partial charge in [0.2, 0.25) is 11.8 Å². The lowest BCUT2D eigenvalue weighted by Crippen LogP contribution is -2.59. The molecule has 0 saturated carbocycles. The first-order chi connectivity index (χ1) is 9.52. The van der Waals surface area contributed by atoms with Crippen molar-refractivity contribution in [1.29, 1.82) is 0 Å². The number of piperazine rings is 1. The van der Waals surface area contributed by atoms with Gasteiger partial charge in [0.15, 0.2) is 0 Å². The monoisotopic (exact) mass is 271 g/mol. The van der Waals surface area contributed by atoms with Crippen molar-refractivity contribution < 1.29 is 9.59 Å². The fourth-order valence-corrected chi connectivity index (χ4v) is 3.98. The van der Waals surface area contributed by atoms with Gasteiger partial charge in [0.25, 0.3) is 0 Å². The van der Waals surface area contributed by atoms with Crippen LogP contribution in [0.25, 0.3) is 0 Å². The van der Waals surface area contributed by atoms with Gasteiger partial charge in [-0.1, -0.05) is 25.1 Å². The van der Waals surface area contributed by atoms with Crippen molar-refractivity contribution in [2.75, 3.05) is 18.9 Å². The molecule has 0 bridgehead atoms. The molecule has 3 atom stereocenters. The van der Waals surface area contributed by atoms with Crippen LogP contribution in [-0.4, -0.2) is 47.4 Å². The maximum absolute atomic E-state index is 12.4. The quantitative estimate of drug-likeness (QED) is 0.758. The third kappa shape index (κ3) is 1.23. The second-order valence-corrected chi connectivity index (χ2v) is 6.23. The van der Waals surface area contributed by atoms with Gasteiger partial charge >= 0.3 is 0 Å². The van der Waals surface area contributed by atoms with Gasteiger partial charge < -0.3 is 15.1 Å². The summed E-state index contributed by atoms with van der Waals surface area (Å²) in [6.45, 7) is 2.33. The highest BCUT2D eigenvalue weighted by atomic mass is 16.2. The Bertz CT molecular complexity index is 629. The first kappa shape index (κ1) is 11.8. The molecule has 0 aromatic heterocycles. The molecule has 1 aromatic rings. The van der Waals surface area contributed by atoms with E-state index in [1.807, 2.05) is 18.2 Å². The maximum atomic E-state index is 12.4. The van der Waals surface area contributed by atoms with Crippen molar-refractivity contribution in [2.24, 2.45) is 0 Å². The largest absolute Gasteiger partial charge is 0.364 e. The highest BCUT2D eigenvalue weighted by molar-refractivity contribution is 5.96. The summed E-state index contributed by atoms with van der Waals surface area (Å²) in [6.07, 6.45) is 0.589. The predicted octanol–water partition coefficient (Wildman–Crippen LogP) is 0.769. The zero-order chi connectivity index (χ0) is 14.1. The van der Waals surface area contributed by atoms with Gasteiger partial charge in [0.1, 0.15) is 12.2 Å². The van der Waals surface area contributed by atoms with Crippen molar-refractivity contribution in [3.05, 3.63) is 29.8 Å². The van der Waals surface area contributed by atoms with Crippen LogP contribution in [0.4, 0.5) is 5.69 Å². The van der Waals surface area contributed by atoms with Gasteiger partial charge in [-0.2, -0.15) is 0 Å². The Morgan fingerprint density at radius 1 is 1.30 bits per heavy atom. The number of carbonyl (C=O) groups is 2. The van der Waals surface area contributed by atoms with Gasteiger partial charge in [-0.05, 0) is 18.1 Å². The molecule has 3 heterocycles. The molecule has 0 radical (unpaired) electrons. The summed E-state index contributed by atoms with van der Waals surface area (Å²) in [6, 6.07) is 7.82. The molecule has 1 N–H and O–H groups in total. The summed E-state index contributed by atoms with van der Waals surface area (Å²) in [7, 11) is 1.70. The lowest BCUT2D eigenvalue weighted by Gasteiger charge is -2.37. The van der Waals surface area contributed by atoms with Crippen LogP contribution in [0.2, 0.25) is 0 Å². The number of amides is 2. The normalized spacial score (nSPS) is 34.7. The zero-order valence-electron chi connectivity index (χ0n) is 11.6. The Kier molecular flexibility index (Phi) is 2.08. The molecule has 5 nitrogen and oxygen atoms in total. The molecule has 0 aliphatic carbocycles. The molecule has 3 aliphatic rings. The van der Waals surface area contributed by atoms with Crippen LogP contribution in [0.3, 0.4) is 0 Å². The number of fused-ring (bicyclic) bond motifs is 5. The number of carbonyl (C=O) groups excluding carboxylic acids is 2. The first-order valence-corrected chi connectivity index (χ1v) is 6.94. The summed E-state index contributed by atoms with van der Waals surface area (Å²) >= 11 is 0. The van der Waals surface area contributed by atoms with Crippen LogP contribution in [0, 0.1) is 0 Å². The standard InChI is InChI=1S/C15H17N3O2/c1-15-7-11-13(20)17(2)8-12(19)18(11)14(15)16-10-6-4-3-5-9(10)15/h3-6,11,14,16H,7-8H2,1-2H3/t11-,14-,15-/m1/s1. The van der Waals surface area contributed by atoms with E-state index >= 15 is 0 Å². The smallest absolute Gasteiger partial charge is 0.245 e. The molecular formula is C15H17N3O2. The summed E-state index contributed by atoms with van der Waals surface area (Å²) in [4.78, 5) is 28.0. The third-order valence-corrected chi connectivity index (χ3v) is 4.99. The molecule has 5 heteroatoms. The summed E-state index contributed by atoms with van der Waals surface area (Å²) in [5.41, 5.74) is 2.11. The molecule has 0 spiro atoms. The summed E-state index contributed by atoms with van der Waals surface area (Å²) in [5, 5.41) is 3.44. The second kappa shape index (κ2) is 3.53. The molecule has 2 amide bonds. The number of para-hydroxylation sites is 1. The summed E-state index contributed by atoms with van der Waals surface area (Å²) < 4.78 is 0. The van der Waals surface area contributed by atoms with Crippen LogP contribution in [0.1, 0.15) is 18.9 Å². The number of rotatable bonds is 0. The fourth-order valence-electron chi connectivity index (χ4n) is 3.98. The van der Waals surface area contributed by atoms with E-state index in [4.69, 9.17) is 0 Å². The van der Waals surface area contributed by atoms with E-state index in [2.05, 4.69) is 18.3 Å². The van der Waals surface area contributed by atoms with E-state index in [0.29, 0.717) is 6.42 Å². The number of nitrogens with zero attached hydrogens (tertiary/aromatic N) is 2. The molecule has 3 aliphatic heterocycles. The minimum atomic E-state index is -0.322. The minimum Gasteiger partial charge on any atom is -0.364 e. The number of hydrogen-bond acceptors (Lipinski definition) is 3. The van der Waals surface area contributed by atoms with Crippen LogP contribution in [0.15, 0.2) is 24.3 Å². The molecule has 2 saturated heterocycles. The fraction of sp³-hybridized carbons (Fsp3) is 0.467. The van der Waals surface area contributed by atoms with Gasteiger partial charge in [-0.15, -0.1) is 0 Å². The van der Waals surface area contributed by atoms with Gasteiger partial charge in [0, 0.05) is 18.2 Å². The zero-order valence-corrected chi connectivity index (χ0v) is 11.6. The number of benzene rings is 1. The van der Waals surface area contributed by atoms with Crippen molar-refractivity contribution in [1.82, 2.24) is 9.80 Å². The van der Waals surface area contributed by atoms with E-state index in [1.165, 1.54) is 5.56 Å². The first-order valence-electron chi connectivity index (χ1n) is 6.94. The Balaban J connectivity index is 1.82. The van der Waals surface area contributed by atoms with Crippen LogP contribution < -0.4 is 5.32 Å². The van der Waals surface area contributed by atoms with Crippen molar-refractivity contribution in [3.63, 3.8) is 0 Å². The van der Waals surface area contributed by atoms with Crippen molar-refractivity contribution >= 4 is 17.5 Å². The summed E-state index contributed by atoms with van der Waals surface area (Å²) in [5.74, 6) is 0.0886. The van der Waals surface area contributed by atoms with Gasteiger partial charge in [-0.3, -0.25) is 9.59 Å². The Morgan fingerprint density at radius 3 is 2.85 bits per heavy atom. The Morgan fingerprint density at radius 2 is 2.05 bits per heavy atom. The number of anilines is 1.